The first-order valence-electron chi connectivity index (χ1n) is 6.43. The molecule has 0 aliphatic rings. The zero-order valence-electron chi connectivity index (χ0n) is 11.6. The second-order valence-corrected chi connectivity index (χ2v) is 8.28. The topological polar surface area (TPSA) is 34.4 Å². The highest BCUT2D eigenvalue weighted by atomic mass is 35.5. The van der Waals surface area contributed by atoms with Crippen LogP contribution in [0.2, 0.25) is 13.7 Å². The quantitative estimate of drug-likeness (QED) is 0.520. The summed E-state index contributed by atoms with van der Waals surface area (Å²) in [5.41, 5.74) is 1.25. The monoisotopic (exact) mass is 402 g/mol. The van der Waals surface area contributed by atoms with Crippen LogP contribution in [0.5, 0.6) is 0 Å². The van der Waals surface area contributed by atoms with E-state index in [0.717, 1.165) is 21.6 Å². The molecule has 8 heteroatoms. The molecule has 3 rings (SSSR count). The Morgan fingerprint density at radius 3 is 2.70 bits per heavy atom. The van der Waals surface area contributed by atoms with E-state index in [1.807, 2.05) is 16.7 Å². The average Bonchev–Trinajstić information content (AvgIpc) is 2.99. The van der Waals surface area contributed by atoms with Crippen molar-refractivity contribution in [2.24, 2.45) is 4.99 Å². The van der Waals surface area contributed by atoms with Gasteiger partial charge in [-0.2, -0.15) is 4.99 Å². The van der Waals surface area contributed by atoms with Crippen LogP contribution >= 0.6 is 57.5 Å². The molecule has 0 aliphatic carbocycles. The molecule has 0 unspecified atom stereocenters. The first-order chi connectivity index (χ1) is 11.0. The van der Waals surface area contributed by atoms with Crippen LogP contribution in [0.25, 0.3) is 10.2 Å². The number of halogens is 3. The van der Waals surface area contributed by atoms with Crippen LogP contribution < -0.4 is 4.80 Å². The number of benzene rings is 1. The minimum Gasteiger partial charge on any atom is -0.312 e. The molecular formula is C15H9Cl3N2OS2. The van der Waals surface area contributed by atoms with Crippen molar-refractivity contribution in [3.63, 3.8) is 0 Å². The summed E-state index contributed by atoms with van der Waals surface area (Å²) in [6.07, 6.45) is 1.75. The fourth-order valence-electron chi connectivity index (χ4n) is 2.07. The van der Waals surface area contributed by atoms with Crippen molar-refractivity contribution in [3.05, 3.63) is 61.0 Å². The Hall–Kier alpha value is -1.11. The molecule has 0 bridgehead atoms. The zero-order valence-corrected chi connectivity index (χ0v) is 15.5. The second-order valence-electron chi connectivity index (χ2n) is 4.55. The Kier molecular flexibility index (Phi) is 4.94. The van der Waals surface area contributed by atoms with Crippen LogP contribution in [0.1, 0.15) is 10.4 Å². The van der Waals surface area contributed by atoms with Crippen LogP contribution in [0, 0.1) is 0 Å². The van der Waals surface area contributed by atoms with Crippen molar-refractivity contribution in [1.29, 1.82) is 0 Å². The summed E-state index contributed by atoms with van der Waals surface area (Å²) in [6, 6.07) is 7.08. The Morgan fingerprint density at radius 1 is 1.26 bits per heavy atom. The number of thiophene rings is 1. The van der Waals surface area contributed by atoms with E-state index < -0.39 is 5.91 Å². The third-order valence-electron chi connectivity index (χ3n) is 3.04. The lowest BCUT2D eigenvalue weighted by Crippen LogP contribution is -2.16. The van der Waals surface area contributed by atoms with E-state index in [9.17, 15) is 4.79 Å². The zero-order chi connectivity index (χ0) is 16.6. The molecule has 0 saturated heterocycles. The van der Waals surface area contributed by atoms with Gasteiger partial charge in [-0.05, 0) is 24.3 Å². The van der Waals surface area contributed by atoms with Gasteiger partial charge in [-0.1, -0.05) is 52.2 Å². The van der Waals surface area contributed by atoms with E-state index in [-0.39, 0.29) is 0 Å². The minimum absolute atomic E-state index is 0.308. The molecule has 0 radical (unpaired) electrons. The summed E-state index contributed by atoms with van der Waals surface area (Å²) in [5.74, 6) is -0.423. The van der Waals surface area contributed by atoms with E-state index >= 15 is 0 Å². The third kappa shape index (κ3) is 3.39. The van der Waals surface area contributed by atoms with E-state index in [2.05, 4.69) is 11.6 Å². The number of carbonyl (C=O) groups excluding carboxylic acids is 1. The first-order valence-corrected chi connectivity index (χ1v) is 9.20. The van der Waals surface area contributed by atoms with Crippen molar-refractivity contribution in [2.45, 2.75) is 6.54 Å². The predicted molar refractivity (Wildman–Crippen MR) is 99.3 cm³/mol. The van der Waals surface area contributed by atoms with Gasteiger partial charge in [0.2, 0.25) is 0 Å². The second kappa shape index (κ2) is 6.79. The maximum atomic E-state index is 12.4. The van der Waals surface area contributed by atoms with Gasteiger partial charge in [0.05, 0.1) is 20.1 Å². The molecule has 0 fully saturated rings. The van der Waals surface area contributed by atoms with Gasteiger partial charge in [-0.3, -0.25) is 4.79 Å². The van der Waals surface area contributed by atoms with Crippen LogP contribution in [-0.2, 0) is 6.54 Å². The molecule has 3 nitrogen and oxygen atoms in total. The number of rotatable bonds is 3. The van der Waals surface area contributed by atoms with Crippen molar-refractivity contribution < 1.29 is 4.79 Å². The molecule has 0 N–H and O–H groups in total. The van der Waals surface area contributed by atoms with Crippen molar-refractivity contribution >= 4 is 73.6 Å². The minimum atomic E-state index is -0.423. The normalized spacial score (nSPS) is 12.0. The lowest BCUT2D eigenvalue weighted by Gasteiger charge is -2.00. The van der Waals surface area contributed by atoms with E-state index in [0.29, 0.717) is 30.6 Å². The summed E-state index contributed by atoms with van der Waals surface area (Å²) in [6.45, 7) is 4.28. The van der Waals surface area contributed by atoms with Crippen molar-refractivity contribution in [3.8, 4) is 0 Å². The lowest BCUT2D eigenvalue weighted by atomic mass is 10.3. The van der Waals surface area contributed by atoms with E-state index in [4.69, 9.17) is 34.8 Å². The summed E-state index contributed by atoms with van der Waals surface area (Å²) in [7, 11) is 0. The van der Waals surface area contributed by atoms with Gasteiger partial charge in [0, 0.05) is 11.6 Å². The highest BCUT2D eigenvalue weighted by Gasteiger charge is 2.14. The predicted octanol–water partition coefficient (Wildman–Crippen LogP) is 5.65. The van der Waals surface area contributed by atoms with Gasteiger partial charge >= 0.3 is 0 Å². The molecule has 0 spiro atoms. The number of aromatic nitrogens is 1. The van der Waals surface area contributed by atoms with Gasteiger partial charge in [0.25, 0.3) is 5.91 Å². The summed E-state index contributed by atoms with van der Waals surface area (Å²) >= 11 is 20.5. The Labute approximate surface area is 155 Å². The maximum absolute atomic E-state index is 12.4. The van der Waals surface area contributed by atoms with Crippen molar-refractivity contribution in [2.75, 3.05) is 0 Å². The van der Waals surface area contributed by atoms with E-state index in [1.165, 1.54) is 17.4 Å². The smallest absolute Gasteiger partial charge is 0.282 e. The summed E-state index contributed by atoms with van der Waals surface area (Å²) in [4.78, 5) is 17.2. The number of carbonyl (C=O) groups is 1. The number of amides is 1. The number of hydrogen-bond acceptors (Lipinski definition) is 3. The van der Waals surface area contributed by atoms with Crippen molar-refractivity contribution in [1.82, 2.24) is 4.57 Å². The number of nitrogens with zero attached hydrogens (tertiary/aromatic N) is 2. The number of fused-ring (bicyclic) bond motifs is 1. The molecule has 1 aromatic carbocycles. The van der Waals surface area contributed by atoms with Crippen LogP contribution in [0.4, 0.5) is 0 Å². The summed E-state index contributed by atoms with van der Waals surface area (Å²) in [5, 5.41) is 0.634. The molecule has 0 atom stereocenters. The van der Waals surface area contributed by atoms with Gasteiger partial charge in [-0.15, -0.1) is 17.9 Å². The van der Waals surface area contributed by atoms with E-state index in [1.54, 1.807) is 12.1 Å². The molecule has 3 aromatic rings. The SMILES string of the molecule is C=CCn1c(=NC(=O)c2cc(Cl)sc2Cl)sc2cc(Cl)ccc21. The Balaban J connectivity index is 2.17. The molecule has 118 valence electrons. The average molecular weight is 404 g/mol. The maximum Gasteiger partial charge on any atom is 0.282 e. The largest absolute Gasteiger partial charge is 0.312 e. The van der Waals surface area contributed by atoms with Gasteiger partial charge in [0.1, 0.15) is 4.34 Å². The van der Waals surface area contributed by atoms with Gasteiger partial charge < -0.3 is 4.57 Å². The number of thiazole rings is 1. The van der Waals surface area contributed by atoms with Crippen LogP contribution in [0.15, 0.2) is 41.9 Å². The number of allylic oxidation sites excluding steroid dienone is 1. The van der Waals surface area contributed by atoms with Gasteiger partial charge in [0.15, 0.2) is 4.80 Å². The molecule has 2 heterocycles. The fraction of sp³-hybridized carbons (Fsp3) is 0.0667. The molecular weight excluding hydrogens is 395 g/mol. The van der Waals surface area contributed by atoms with Gasteiger partial charge in [-0.25, -0.2) is 0 Å². The summed E-state index contributed by atoms with van der Waals surface area (Å²) < 4.78 is 3.64. The highest BCUT2D eigenvalue weighted by molar-refractivity contribution is 7.20. The molecule has 0 saturated carbocycles. The molecule has 23 heavy (non-hydrogen) atoms. The lowest BCUT2D eigenvalue weighted by molar-refractivity contribution is 0.0998. The Morgan fingerprint density at radius 2 is 2.04 bits per heavy atom. The molecule has 0 aliphatic heterocycles. The third-order valence-corrected chi connectivity index (χ3v) is 5.80. The highest BCUT2D eigenvalue weighted by Crippen LogP contribution is 2.31. The number of hydrogen-bond donors (Lipinski definition) is 0. The van der Waals surface area contributed by atoms with Crippen LogP contribution in [0.3, 0.4) is 0 Å². The van der Waals surface area contributed by atoms with Crippen LogP contribution in [-0.4, -0.2) is 10.5 Å². The molecule has 2 aromatic heterocycles. The standard InChI is InChI=1S/C15H9Cl3N2OS2/c1-2-5-20-10-4-3-8(16)6-11(10)22-15(20)19-14(21)9-7-12(17)23-13(9)18/h2-4,6-7H,1,5H2. The first kappa shape index (κ1) is 16.7. The fourth-order valence-corrected chi connectivity index (χ4v) is 4.83. The molecule has 1 amide bonds. The Bertz CT molecular complexity index is 984.